The number of benzene rings is 1. The second-order valence-corrected chi connectivity index (χ2v) is 4.61. The van der Waals surface area contributed by atoms with E-state index in [0.717, 1.165) is 4.90 Å². The summed E-state index contributed by atoms with van der Waals surface area (Å²) in [6, 6.07) is 7.49. The molecule has 0 radical (unpaired) electrons. The Kier molecular flexibility index (Phi) is 3.19. The third-order valence-corrected chi connectivity index (χ3v) is 3.26. The standard InChI is InChI=1S/C12H11FN2S/c1-8-3-4-10(9(2)5-8)16-12-6-11(13)14-7-15-12/h3-7H,1-2H3. The third-order valence-electron chi connectivity index (χ3n) is 2.15. The minimum absolute atomic E-state index is 0.498. The average molecular weight is 234 g/mol. The van der Waals surface area contributed by atoms with E-state index in [9.17, 15) is 4.39 Å². The number of aryl methyl sites for hydroxylation is 2. The molecule has 0 bridgehead atoms. The van der Waals surface area contributed by atoms with Gasteiger partial charge in [-0.1, -0.05) is 29.5 Å². The van der Waals surface area contributed by atoms with Gasteiger partial charge in [-0.05, 0) is 25.5 Å². The highest BCUT2D eigenvalue weighted by molar-refractivity contribution is 7.99. The highest BCUT2D eigenvalue weighted by Gasteiger charge is 2.03. The lowest BCUT2D eigenvalue weighted by atomic mass is 10.2. The molecule has 0 unspecified atom stereocenters. The van der Waals surface area contributed by atoms with Crippen LogP contribution in [-0.2, 0) is 0 Å². The van der Waals surface area contributed by atoms with Crippen molar-refractivity contribution in [1.82, 2.24) is 9.97 Å². The monoisotopic (exact) mass is 234 g/mol. The van der Waals surface area contributed by atoms with Crippen LogP contribution in [0.15, 0.2) is 40.5 Å². The average Bonchev–Trinajstić information content (AvgIpc) is 2.22. The fraction of sp³-hybridized carbons (Fsp3) is 0.167. The molecule has 0 N–H and O–H groups in total. The molecule has 0 aliphatic rings. The molecular formula is C12H11FN2S. The third kappa shape index (κ3) is 2.58. The van der Waals surface area contributed by atoms with Crippen molar-refractivity contribution >= 4 is 11.8 Å². The summed E-state index contributed by atoms with van der Waals surface area (Å²) in [7, 11) is 0. The van der Waals surface area contributed by atoms with Crippen molar-refractivity contribution in [3.8, 4) is 0 Å². The van der Waals surface area contributed by atoms with E-state index in [1.165, 1.54) is 35.3 Å². The zero-order valence-electron chi connectivity index (χ0n) is 9.07. The van der Waals surface area contributed by atoms with Crippen molar-refractivity contribution in [1.29, 1.82) is 0 Å². The lowest BCUT2D eigenvalue weighted by Crippen LogP contribution is -1.88. The predicted molar refractivity (Wildman–Crippen MR) is 62.0 cm³/mol. The lowest BCUT2D eigenvalue weighted by molar-refractivity contribution is 0.572. The molecule has 0 atom stereocenters. The molecule has 0 aliphatic carbocycles. The minimum Gasteiger partial charge on any atom is -0.229 e. The first-order chi connectivity index (χ1) is 7.65. The highest BCUT2D eigenvalue weighted by Crippen LogP contribution is 2.29. The Morgan fingerprint density at radius 3 is 2.62 bits per heavy atom. The van der Waals surface area contributed by atoms with E-state index in [2.05, 4.69) is 16.0 Å². The van der Waals surface area contributed by atoms with Crippen LogP contribution in [0, 0.1) is 19.8 Å². The van der Waals surface area contributed by atoms with Gasteiger partial charge in [0.2, 0.25) is 5.95 Å². The molecule has 0 saturated heterocycles. The summed E-state index contributed by atoms with van der Waals surface area (Å²) < 4.78 is 12.9. The van der Waals surface area contributed by atoms with E-state index in [-0.39, 0.29) is 0 Å². The molecule has 2 rings (SSSR count). The van der Waals surface area contributed by atoms with Gasteiger partial charge < -0.3 is 0 Å². The van der Waals surface area contributed by atoms with Gasteiger partial charge in [-0.3, -0.25) is 0 Å². The van der Waals surface area contributed by atoms with Crippen LogP contribution >= 0.6 is 11.8 Å². The van der Waals surface area contributed by atoms with Crippen LogP contribution in [0.25, 0.3) is 0 Å². The molecule has 0 aliphatic heterocycles. The molecule has 2 nitrogen and oxygen atoms in total. The van der Waals surface area contributed by atoms with Gasteiger partial charge in [0.15, 0.2) is 0 Å². The molecular weight excluding hydrogens is 223 g/mol. The Balaban J connectivity index is 2.27. The van der Waals surface area contributed by atoms with Gasteiger partial charge >= 0.3 is 0 Å². The normalized spacial score (nSPS) is 10.4. The van der Waals surface area contributed by atoms with Crippen molar-refractivity contribution < 1.29 is 4.39 Å². The van der Waals surface area contributed by atoms with Crippen molar-refractivity contribution in [2.45, 2.75) is 23.8 Å². The van der Waals surface area contributed by atoms with Gasteiger partial charge in [-0.2, -0.15) is 4.39 Å². The minimum atomic E-state index is -0.498. The Morgan fingerprint density at radius 1 is 1.12 bits per heavy atom. The quantitative estimate of drug-likeness (QED) is 0.745. The number of halogens is 1. The summed E-state index contributed by atoms with van der Waals surface area (Å²) in [5, 5.41) is 0.624. The van der Waals surface area contributed by atoms with Gasteiger partial charge in [0.1, 0.15) is 11.4 Å². The molecule has 1 aromatic carbocycles. The summed E-state index contributed by atoms with van der Waals surface area (Å²) in [5.74, 6) is -0.498. The maximum Gasteiger partial charge on any atom is 0.217 e. The zero-order chi connectivity index (χ0) is 11.5. The topological polar surface area (TPSA) is 25.8 Å². The van der Waals surface area contributed by atoms with Crippen LogP contribution in [0.5, 0.6) is 0 Å². The van der Waals surface area contributed by atoms with Gasteiger partial charge in [0.25, 0.3) is 0 Å². The van der Waals surface area contributed by atoms with Crippen LogP contribution in [-0.4, -0.2) is 9.97 Å². The Morgan fingerprint density at radius 2 is 1.94 bits per heavy atom. The summed E-state index contributed by atoms with van der Waals surface area (Å²) in [5.41, 5.74) is 2.39. The molecule has 82 valence electrons. The molecule has 2 aromatic rings. The highest BCUT2D eigenvalue weighted by atomic mass is 32.2. The van der Waals surface area contributed by atoms with Crippen molar-refractivity contribution in [2.75, 3.05) is 0 Å². The lowest BCUT2D eigenvalue weighted by Gasteiger charge is -2.05. The van der Waals surface area contributed by atoms with Gasteiger partial charge in [0, 0.05) is 11.0 Å². The molecule has 0 spiro atoms. The molecule has 0 saturated carbocycles. The number of aromatic nitrogens is 2. The summed E-state index contributed by atoms with van der Waals surface area (Å²) in [6.45, 7) is 4.08. The van der Waals surface area contributed by atoms with Crippen LogP contribution in [0.2, 0.25) is 0 Å². The molecule has 1 heterocycles. The van der Waals surface area contributed by atoms with Gasteiger partial charge in [0.05, 0.1) is 0 Å². The summed E-state index contributed by atoms with van der Waals surface area (Å²) in [4.78, 5) is 8.52. The van der Waals surface area contributed by atoms with Gasteiger partial charge in [-0.25, -0.2) is 9.97 Å². The van der Waals surface area contributed by atoms with Crippen LogP contribution in [0.4, 0.5) is 4.39 Å². The van der Waals surface area contributed by atoms with Crippen LogP contribution in [0.3, 0.4) is 0 Å². The fourth-order valence-electron chi connectivity index (χ4n) is 1.40. The first-order valence-electron chi connectivity index (χ1n) is 4.88. The first kappa shape index (κ1) is 11.1. The largest absolute Gasteiger partial charge is 0.229 e. The number of hydrogen-bond donors (Lipinski definition) is 0. The van der Waals surface area contributed by atoms with Crippen molar-refractivity contribution in [3.63, 3.8) is 0 Å². The molecule has 0 fully saturated rings. The first-order valence-corrected chi connectivity index (χ1v) is 5.69. The van der Waals surface area contributed by atoms with Crippen molar-refractivity contribution in [2.24, 2.45) is 0 Å². The Bertz CT molecular complexity index is 514. The maximum absolute atomic E-state index is 12.9. The molecule has 4 heteroatoms. The molecule has 1 aromatic heterocycles. The summed E-state index contributed by atoms with van der Waals surface area (Å²) in [6.07, 6.45) is 1.24. The van der Waals surface area contributed by atoms with Gasteiger partial charge in [-0.15, -0.1) is 0 Å². The van der Waals surface area contributed by atoms with Crippen LogP contribution in [0.1, 0.15) is 11.1 Å². The number of rotatable bonds is 2. The van der Waals surface area contributed by atoms with E-state index in [4.69, 9.17) is 0 Å². The number of nitrogens with zero attached hydrogens (tertiary/aromatic N) is 2. The number of hydrogen-bond acceptors (Lipinski definition) is 3. The van der Waals surface area contributed by atoms with Crippen LogP contribution < -0.4 is 0 Å². The summed E-state index contributed by atoms with van der Waals surface area (Å²) >= 11 is 1.45. The second-order valence-electron chi connectivity index (χ2n) is 3.55. The van der Waals surface area contributed by atoms with E-state index in [1.807, 2.05) is 26.0 Å². The molecule has 0 amide bonds. The maximum atomic E-state index is 12.9. The van der Waals surface area contributed by atoms with E-state index >= 15 is 0 Å². The zero-order valence-corrected chi connectivity index (χ0v) is 9.88. The van der Waals surface area contributed by atoms with Crippen molar-refractivity contribution in [3.05, 3.63) is 47.7 Å². The second kappa shape index (κ2) is 4.61. The molecule has 16 heavy (non-hydrogen) atoms. The predicted octanol–water partition coefficient (Wildman–Crippen LogP) is 3.38. The fourth-order valence-corrected chi connectivity index (χ4v) is 2.24. The Hall–Kier alpha value is -1.42. The van der Waals surface area contributed by atoms with E-state index in [1.54, 1.807) is 0 Å². The van der Waals surface area contributed by atoms with E-state index in [0.29, 0.717) is 5.03 Å². The Labute approximate surface area is 97.9 Å². The van der Waals surface area contributed by atoms with E-state index < -0.39 is 5.95 Å². The SMILES string of the molecule is Cc1ccc(Sc2cc(F)ncn2)c(C)c1. The smallest absolute Gasteiger partial charge is 0.217 e.